The van der Waals surface area contributed by atoms with Gasteiger partial charge in [-0.05, 0) is 59.2 Å². The van der Waals surface area contributed by atoms with E-state index in [1.165, 1.54) is 0 Å². The number of aliphatic imine (C=N–C) groups is 1. The van der Waals surface area contributed by atoms with Gasteiger partial charge in [-0.25, -0.2) is 14.6 Å². The van der Waals surface area contributed by atoms with Crippen LogP contribution in [0.1, 0.15) is 47.1 Å². The number of amides is 2. The van der Waals surface area contributed by atoms with Crippen molar-refractivity contribution in [2.24, 2.45) is 4.99 Å². The van der Waals surface area contributed by atoms with E-state index >= 15 is 0 Å². The number of hydrogen-bond acceptors (Lipinski definition) is 7. The number of nitrogens with one attached hydrogen (secondary N) is 2. The van der Waals surface area contributed by atoms with Gasteiger partial charge in [0.25, 0.3) is 0 Å². The van der Waals surface area contributed by atoms with E-state index in [-0.39, 0.29) is 5.96 Å². The van der Waals surface area contributed by atoms with Gasteiger partial charge < -0.3 is 14.2 Å². The molecule has 0 bridgehead atoms. The molecule has 2 rings (SSSR count). The van der Waals surface area contributed by atoms with Gasteiger partial charge in [0.1, 0.15) is 11.2 Å². The number of carbonyl (C=O) groups is 2. The highest BCUT2D eigenvalue weighted by molar-refractivity contribution is 6.02. The monoisotopic (exact) mass is 434 g/mol. The van der Waals surface area contributed by atoms with Crippen LogP contribution in [0.2, 0.25) is 0 Å². The van der Waals surface area contributed by atoms with E-state index in [1.807, 2.05) is 24.3 Å². The zero-order valence-electron chi connectivity index (χ0n) is 19.3. The number of guanidine groups is 1. The third kappa shape index (κ3) is 10.3. The Morgan fingerprint density at radius 1 is 0.935 bits per heavy atom. The second-order valence-corrected chi connectivity index (χ2v) is 9.27. The molecular weight excluding hydrogens is 400 g/mol. The van der Waals surface area contributed by atoms with Gasteiger partial charge in [0.15, 0.2) is 0 Å². The molecule has 1 aliphatic heterocycles. The molecule has 9 heteroatoms. The Morgan fingerprint density at radius 3 is 1.87 bits per heavy atom. The quantitative estimate of drug-likeness (QED) is 0.557. The Morgan fingerprint density at radius 2 is 1.42 bits per heavy atom. The summed E-state index contributed by atoms with van der Waals surface area (Å²) < 4.78 is 15.9. The van der Waals surface area contributed by atoms with Crippen LogP contribution in [-0.2, 0) is 20.8 Å². The van der Waals surface area contributed by atoms with Crippen LogP contribution in [0.3, 0.4) is 0 Å². The number of carbonyl (C=O) groups excluding carboxylic acids is 2. The molecule has 1 aromatic rings. The predicted octanol–water partition coefficient (Wildman–Crippen LogP) is 3.56. The Kier molecular flexibility index (Phi) is 8.41. The second-order valence-electron chi connectivity index (χ2n) is 9.27. The lowest BCUT2D eigenvalue weighted by Gasteiger charge is -2.26. The van der Waals surface area contributed by atoms with Crippen LogP contribution in [0.5, 0.6) is 0 Å². The van der Waals surface area contributed by atoms with Gasteiger partial charge >= 0.3 is 12.2 Å². The summed E-state index contributed by atoms with van der Waals surface area (Å²) in [5.74, 6) is -0.0792. The predicted molar refractivity (Wildman–Crippen MR) is 118 cm³/mol. The fraction of sp³-hybridized carbons (Fsp3) is 0.591. The lowest BCUT2D eigenvalue weighted by molar-refractivity contribution is 0.0342. The third-order valence-electron chi connectivity index (χ3n) is 3.93. The van der Waals surface area contributed by atoms with Crippen molar-refractivity contribution in [3.8, 4) is 0 Å². The molecule has 0 radical (unpaired) electrons. The summed E-state index contributed by atoms with van der Waals surface area (Å²) in [6.07, 6.45) is -1.46. The maximum atomic E-state index is 12.2. The number of alkyl carbamates (subject to hydrolysis) is 2. The van der Waals surface area contributed by atoms with Crippen molar-refractivity contribution in [3.05, 3.63) is 29.8 Å². The maximum absolute atomic E-state index is 12.2. The zero-order chi connectivity index (χ0) is 23.1. The molecule has 9 nitrogen and oxygen atoms in total. The largest absolute Gasteiger partial charge is 0.444 e. The molecule has 2 amide bonds. The zero-order valence-corrected chi connectivity index (χ0v) is 19.3. The molecule has 1 aromatic carbocycles. The summed E-state index contributed by atoms with van der Waals surface area (Å²) in [6, 6.07) is 7.58. The van der Waals surface area contributed by atoms with Crippen LogP contribution >= 0.6 is 0 Å². The minimum atomic E-state index is -0.730. The van der Waals surface area contributed by atoms with Crippen molar-refractivity contribution in [1.29, 1.82) is 0 Å². The van der Waals surface area contributed by atoms with Gasteiger partial charge in [0.05, 0.1) is 18.9 Å². The summed E-state index contributed by atoms with van der Waals surface area (Å²) in [7, 11) is 0. The number of ether oxygens (including phenoxy) is 3. The lowest BCUT2D eigenvalue weighted by Crippen LogP contribution is -2.47. The highest BCUT2D eigenvalue weighted by Gasteiger charge is 2.21. The third-order valence-corrected chi connectivity index (χ3v) is 3.93. The summed E-state index contributed by atoms with van der Waals surface area (Å²) >= 11 is 0. The van der Waals surface area contributed by atoms with Crippen molar-refractivity contribution in [3.63, 3.8) is 0 Å². The molecule has 1 heterocycles. The van der Waals surface area contributed by atoms with Crippen LogP contribution in [0.4, 0.5) is 15.3 Å². The molecule has 31 heavy (non-hydrogen) atoms. The smallest absolute Gasteiger partial charge is 0.414 e. The molecule has 1 saturated heterocycles. The lowest BCUT2D eigenvalue weighted by atomic mass is 10.2. The van der Waals surface area contributed by atoms with Gasteiger partial charge in [-0.3, -0.25) is 15.5 Å². The van der Waals surface area contributed by atoms with E-state index in [9.17, 15) is 9.59 Å². The number of hydrogen-bond donors (Lipinski definition) is 2. The number of morpholine rings is 1. The fourth-order valence-corrected chi connectivity index (χ4v) is 2.71. The minimum Gasteiger partial charge on any atom is -0.444 e. The highest BCUT2D eigenvalue weighted by Crippen LogP contribution is 2.15. The number of benzene rings is 1. The van der Waals surface area contributed by atoms with E-state index < -0.39 is 23.4 Å². The first-order valence-electron chi connectivity index (χ1n) is 10.4. The minimum absolute atomic E-state index is 0.0792. The van der Waals surface area contributed by atoms with E-state index in [0.717, 1.165) is 38.4 Å². The average Bonchev–Trinajstić information content (AvgIpc) is 2.61. The maximum Gasteiger partial charge on any atom is 0.414 e. The van der Waals surface area contributed by atoms with Gasteiger partial charge in [-0.15, -0.1) is 0 Å². The molecule has 0 saturated carbocycles. The van der Waals surface area contributed by atoms with Crippen molar-refractivity contribution in [2.75, 3.05) is 26.3 Å². The van der Waals surface area contributed by atoms with Gasteiger partial charge in [0.2, 0.25) is 5.96 Å². The fourth-order valence-electron chi connectivity index (χ4n) is 2.71. The van der Waals surface area contributed by atoms with Crippen LogP contribution in [0.15, 0.2) is 29.3 Å². The summed E-state index contributed by atoms with van der Waals surface area (Å²) in [4.78, 5) is 31.0. The van der Waals surface area contributed by atoms with Crippen LogP contribution in [-0.4, -0.2) is 60.6 Å². The van der Waals surface area contributed by atoms with Crippen LogP contribution in [0.25, 0.3) is 0 Å². The molecule has 0 unspecified atom stereocenters. The van der Waals surface area contributed by atoms with Crippen LogP contribution in [0, 0.1) is 0 Å². The summed E-state index contributed by atoms with van der Waals surface area (Å²) in [5, 5.41) is 4.95. The molecular formula is C22H34N4O5. The van der Waals surface area contributed by atoms with E-state index in [2.05, 4.69) is 20.5 Å². The Bertz CT molecular complexity index is 741. The topological polar surface area (TPSA) is 101 Å². The molecule has 1 fully saturated rings. The normalized spacial score (nSPS) is 15.0. The van der Waals surface area contributed by atoms with Gasteiger partial charge in [0, 0.05) is 19.6 Å². The van der Waals surface area contributed by atoms with Crippen molar-refractivity contribution >= 4 is 23.8 Å². The van der Waals surface area contributed by atoms with Crippen molar-refractivity contribution in [2.45, 2.75) is 59.3 Å². The van der Waals surface area contributed by atoms with Crippen molar-refractivity contribution < 1.29 is 23.8 Å². The Hall–Kier alpha value is -2.65. The molecule has 0 aromatic heterocycles. The van der Waals surface area contributed by atoms with Gasteiger partial charge in [-0.2, -0.15) is 0 Å². The highest BCUT2D eigenvalue weighted by atomic mass is 16.6. The SMILES string of the molecule is CC(C)(C)OC(=O)NC(=Nc1ccc(CN2CCOCC2)cc1)NC(=O)OC(C)(C)C. The first-order chi connectivity index (χ1) is 14.4. The van der Waals surface area contributed by atoms with E-state index in [1.54, 1.807) is 41.5 Å². The molecule has 1 aliphatic rings. The Labute approximate surface area is 184 Å². The molecule has 2 N–H and O–H groups in total. The standard InChI is InChI=1S/C22H34N4O5/c1-21(2,3)30-19(27)24-18(25-20(28)31-22(4,5)6)23-17-9-7-16(8-10-17)15-26-11-13-29-14-12-26/h7-10H,11-15H2,1-6H3,(H2,23,24,25,27,28). The molecule has 0 aliphatic carbocycles. The van der Waals surface area contributed by atoms with Crippen LogP contribution < -0.4 is 10.6 Å². The summed E-state index contributed by atoms with van der Waals surface area (Å²) in [6.45, 7) is 14.6. The van der Waals surface area contributed by atoms with E-state index in [4.69, 9.17) is 14.2 Å². The first-order valence-corrected chi connectivity index (χ1v) is 10.4. The number of nitrogens with zero attached hydrogens (tertiary/aromatic N) is 2. The molecule has 172 valence electrons. The number of rotatable bonds is 3. The van der Waals surface area contributed by atoms with Gasteiger partial charge in [-0.1, -0.05) is 12.1 Å². The molecule has 0 spiro atoms. The average molecular weight is 435 g/mol. The Balaban J connectivity index is 2.10. The first kappa shape index (κ1) is 24.6. The van der Waals surface area contributed by atoms with E-state index in [0.29, 0.717) is 5.69 Å². The molecule has 0 atom stereocenters. The summed E-state index contributed by atoms with van der Waals surface area (Å²) in [5.41, 5.74) is 0.320. The second kappa shape index (κ2) is 10.6. The van der Waals surface area contributed by atoms with Crippen molar-refractivity contribution in [1.82, 2.24) is 15.5 Å².